The third-order valence-electron chi connectivity index (χ3n) is 2.73. The molecule has 1 aromatic rings. The van der Waals surface area contributed by atoms with Crippen LogP contribution in [0.1, 0.15) is 32.3 Å². The van der Waals surface area contributed by atoms with Crippen molar-refractivity contribution in [3.05, 3.63) is 35.9 Å². The first-order valence-electron chi connectivity index (χ1n) is 7.50. The molecule has 1 rings (SSSR count). The average Bonchev–Trinajstić information content (AvgIpc) is 2.52. The number of amides is 1. The third-order valence-corrected chi connectivity index (χ3v) is 2.73. The Morgan fingerprint density at radius 1 is 1.23 bits per heavy atom. The van der Waals surface area contributed by atoms with Crippen LogP contribution in [0.4, 0.5) is 0 Å². The third kappa shape index (κ3) is 6.92. The van der Waals surface area contributed by atoms with Gasteiger partial charge in [-0.3, -0.25) is 9.59 Å². The van der Waals surface area contributed by atoms with Crippen LogP contribution in [0.15, 0.2) is 30.3 Å². The van der Waals surface area contributed by atoms with Crippen molar-refractivity contribution in [2.24, 2.45) is 0 Å². The van der Waals surface area contributed by atoms with Crippen molar-refractivity contribution in [3.8, 4) is 5.75 Å². The molecule has 0 bridgehead atoms. The van der Waals surface area contributed by atoms with Crippen molar-refractivity contribution in [1.82, 2.24) is 5.32 Å². The Balaban J connectivity index is 2.46. The number of benzene rings is 1. The van der Waals surface area contributed by atoms with E-state index in [4.69, 9.17) is 9.47 Å². The van der Waals surface area contributed by atoms with Gasteiger partial charge in [0.1, 0.15) is 5.75 Å². The normalized spacial score (nSPS) is 10.5. The highest BCUT2D eigenvalue weighted by Crippen LogP contribution is 2.19. The molecule has 0 radical (unpaired) electrons. The van der Waals surface area contributed by atoms with Crippen molar-refractivity contribution in [2.75, 3.05) is 19.8 Å². The lowest BCUT2D eigenvalue weighted by Gasteiger charge is -2.07. The molecule has 0 fully saturated rings. The number of nitrogens with one attached hydrogen (secondary N) is 1. The zero-order chi connectivity index (χ0) is 16.2. The fourth-order valence-electron chi connectivity index (χ4n) is 1.71. The molecule has 5 nitrogen and oxygen atoms in total. The van der Waals surface area contributed by atoms with Gasteiger partial charge >= 0.3 is 5.97 Å². The topological polar surface area (TPSA) is 64.6 Å². The first-order chi connectivity index (χ1) is 10.7. The maximum absolute atomic E-state index is 11.7. The second-order valence-corrected chi connectivity index (χ2v) is 4.57. The zero-order valence-corrected chi connectivity index (χ0v) is 13.1. The van der Waals surface area contributed by atoms with Crippen LogP contribution in [0, 0.1) is 0 Å². The quantitative estimate of drug-likeness (QED) is 0.562. The molecule has 0 spiro atoms. The molecule has 0 unspecified atom stereocenters. The molecule has 1 aromatic carbocycles. The van der Waals surface area contributed by atoms with E-state index in [9.17, 15) is 9.59 Å². The van der Waals surface area contributed by atoms with Gasteiger partial charge < -0.3 is 14.8 Å². The van der Waals surface area contributed by atoms with Gasteiger partial charge in [-0.05, 0) is 25.5 Å². The maximum Gasteiger partial charge on any atom is 0.307 e. The summed E-state index contributed by atoms with van der Waals surface area (Å²) in [5.41, 5.74) is 0.844. The minimum Gasteiger partial charge on any atom is -0.493 e. The van der Waals surface area contributed by atoms with Gasteiger partial charge in [0.05, 0.1) is 19.6 Å². The molecule has 120 valence electrons. The lowest BCUT2D eigenvalue weighted by molar-refractivity contribution is -0.142. The lowest BCUT2D eigenvalue weighted by Crippen LogP contribution is -2.24. The highest BCUT2D eigenvalue weighted by atomic mass is 16.5. The van der Waals surface area contributed by atoms with E-state index in [1.807, 2.05) is 31.2 Å². The van der Waals surface area contributed by atoms with Gasteiger partial charge in [-0.2, -0.15) is 0 Å². The fraction of sp³-hybridized carbons (Fsp3) is 0.412. The minimum absolute atomic E-state index is 0.170. The first kappa shape index (κ1) is 17.8. The molecule has 0 aliphatic carbocycles. The summed E-state index contributed by atoms with van der Waals surface area (Å²) in [6.07, 6.45) is 4.22. The van der Waals surface area contributed by atoms with Crippen LogP contribution in [0.25, 0.3) is 6.08 Å². The predicted molar refractivity (Wildman–Crippen MR) is 85.5 cm³/mol. The molecule has 0 aliphatic rings. The average molecular weight is 305 g/mol. The Morgan fingerprint density at radius 3 is 2.73 bits per heavy atom. The molecule has 1 N–H and O–H groups in total. The summed E-state index contributed by atoms with van der Waals surface area (Å²) < 4.78 is 10.4. The first-order valence-corrected chi connectivity index (χ1v) is 7.50. The molecule has 5 heteroatoms. The summed E-state index contributed by atoms with van der Waals surface area (Å²) in [5.74, 6) is 0.180. The number of hydrogen-bond acceptors (Lipinski definition) is 4. The van der Waals surface area contributed by atoms with Gasteiger partial charge in [-0.15, -0.1) is 0 Å². The molecular weight excluding hydrogens is 282 g/mol. The molecule has 0 aliphatic heterocycles. The van der Waals surface area contributed by atoms with Crippen LogP contribution in [0.2, 0.25) is 0 Å². The Hall–Kier alpha value is -2.30. The van der Waals surface area contributed by atoms with Gasteiger partial charge in [0, 0.05) is 18.2 Å². The monoisotopic (exact) mass is 305 g/mol. The van der Waals surface area contributed by atoms with Gasteiger partial charge in [-0.25, -0.2) is 0 Å². The second-order valence-electron chi connectivity index (χ2n) is 4.57. The summed E-state index contributed by atoms with van der Waals surface area (Å²) in [6.45, 7) is 5.03. The van der Waals surface area contributed by atoms with E-state index in [1.54, 1.807) is 13.0 Å². The van der Waals surface area contributed by atoms with Crippen molar-refractivity contribution in [2.45, 2.75) is 26.7 Å². The van der Waals surface area contributed by atoms with Crippen LogP contribution in [-0.4, -0.2) is 31.6 Å². The minimum atomic E-state index is -0.315. The van der Waals surface area contributed by atoms with E-state index < -0.39 is 0 Å². The zero-order valence-electron chi connectivity index (χ0n) is 13.1. The van der Waals surface area contributed by atoms with Gasteiger partial charge in [0.2, 0.25) is 5.91 Å². The maximum atomic E-state index is 11.7. The fourth-order valence-corrected chi connectivity index (χ4v) is 1.71. The van der Waals surface area contributed by atoms with Crippen molar-refractivity contribution >= 4 is 18.0 Å². The van der Waals surface area contributed by atoms with E-state index in [2.05, 4.69) is 5.32 Å². The number of carbonyl (C=O) groups excluding carboxylic acids is 2. The summed E-state index contributed by atoms with van der Waals surface area (Å²) in [4.78, 5) is 22.8. The highest BCUT2D eigenvalue weighted by molar-refractivity contribution is 5.92. The van der Waals surface area contributed by atoms with Crippen LogP contribution in [0.3, 0.4) is 0 Å². The van der Waals surface area contributed by atoms with Crippen LogP contribution < -0.4 is 10.1 Å². The Morgan fingerprint density at radius 2 is 2.00 bits per heavy atom. The number of hydrogen-bond donors (Lipinski definition) is 1. The van der Waals surface area contributed by atoms with Crippen molar-refractivity contribution in [1.29, 1.82) is 0 Å². The second kappa shape index (κ2) is 10.4. The smallest absolute Gasteiger partial charge is 0.307 e. The highest BCUT2D eigenvalue weighted by Gasteiger charge is 2.03. The SMILES string of the molecule is CCCOc1ccccc1/C=C/C(=O)NCCC(=O)OCC. The molecular formula is C17H23NO4. The molecule has 0 aromatic heterocycles. The van der Waals surface area contributed by atoms with E-state index in [1.165, 1.54) is 6.08 Å². The summed E-state index contributed by atoms with van der Waals surface area (Å²) in [6, 6.07) is 7.53. The van der Waals surface area contributed by atoms with Crippen molar-refractivity contribution in [3.63, 3.8) is 0 Å². The Kier molecular flexibility index (Phi) is 8.42. The van der Waals surface area contributed by atoms with E-state index >= 15 is 0 Å². The molecule has 0 heterocycles. The number of carbonyl (C=O) groups is 2. The van der Waals surface area contributed by atoms with Crippen LogP contribution in [0.5, 0.6) is 5.75 Å². The molecule has 0 atom stereocenters. The summed E-state index contributed by atoms with van der Waals surface area (Å²) in [5, 5.41) is 2.64. The Labute approximate surface area is 131 Å². The number of esters is 1. The lowest BCUT2D eigenvalue weighted by atomic mass is 10.2. The molecule has 22 heavy (non-hydrogen) atoms. The van der Waals surface area contributed by atoms with E-state index in [-0.39, 0.29) is 24.8 Å². The number of ether oxygens (including phenoxy) is 2. The van der Waals surface area contributed by atoms with Gasteiger partial charge in [-0.1, -0.05) is 25.1 Å². The Bertz CT molecular complexity index is 511. The van der Waals surface area contributed by atoms with E-state index in [0.29, 0.717) is 13.2 Å². The van der Waals surface area contributed by atoms with Gasteiger partial charge in [0.15, 0.2) is 0 Å². The van der Waals surface area contributed by atoms with Crippen LogP contribution in [-0.2, 0) is 14.3 Å². The molecule has 0 saturated heterocycles. The largest absolute Gasteiger partial charge is 0.493 e. The molecule has 0 saturated carbocycles. The predicted octanol–water partition coefficient (Wildman–Crippen LogP) is 2.56. The molecule has 1 amide bonds. The summed E-state index contributed by atoms with van der Waals surface area (Å²) >= 11 is 0. The van der Waals surface area contributed by atoms with E-state index in [0.717, 1.165) is 17.7 Å². The van der Waals surface area contributed by atoms with Crippen molar-refractivity contribution < 1.29 is 19.1 Å². The summed E-state index contributed by atoms with van der Waals surface area (Å²) in [7, 11) is 0. The van der Waals surface area contributed by atoms with Crippen LogP contribution >= 0.6 is 0 Å². The standard InChI is InChI=1S/C17H23NO4/c1-3-13-22-15-8-6-5-7-14(15)9-10-16(19)18-12-11-17(20)21-4-2/h5-10H,3-4,11-13H2,1-2H3,(H,18,19)/b10-9+. The number of para-hydroxylation sites is 1. The number of rotatable bonds is 9. The van der Waals surface area contributed by atoms with Gasteiger partial charge in [0.25, 0.3) is 0 Å².